The molecular formula is C13H20O11. The van der Waals surface area contributed by atoms with E-state index in [2.05, 4.69) is 0 Å². The van der Waals surface area contributed by atoms with Crippen molar-refractivity contribution in [3.63, 3.8) is 0 Å². The number of hydrogen-bond donors (Lipinski definition) is 7. The number of aliphatic carboxylic acids is 2. The molecule has 1 heterocycles. The van der Waals surface area contributed by atoms with Crippen molar-refractivity contribution in [3.8, 4) is 0 Å². The number of hydrogen-bond acceptors (Lipinski definition) is 9. The lowest BCUT2D eigenvalue weighted by atomic mass is 9.88. The second-order valence-corrected chi connectivity index (χ2v) is 5.74. The number of ether oxygens (including phenoxy) is 1. The van der Waals surface area contributed by atoms with Gasteiger partial charge in [0.05, 0.1) is 0 Å². The SMILES string of the molecule is C[C@]1(O)O[C@H](C(O)C(=O)CCC(C(=O)O)C(=O)O)[C@@H](O)[C@H](O)[C@@H]1O. The highest BCUT2D eigenvalue weighted by Gasteiger charge is 2.53. The summed E-state index contributed by atoms with van der Waals surface area (Å²) in [6, 6.07) is 0. The molecule has 6 atom stereocenters. The molecule has 0 aromatic heterocycles. The van der Waals surface area contributed by atoms with Crippen molar-refractivity contribution < 1.29 is 54.9 Å². The van der Waals surface area contributed by atoms with Gasteiger partial charge in [0.1, 0.15) is 30.5 Å². The molecule has 0 saturated carbocycles. The number of aliphatic hydroxyl groups excluding tert-OH is 4. The maximum absolute atomic E-state index is 11.9. The van der Waals surface area contributed by atoms with Crippen LogP contribution >= 0.6 is 0 Å². The van der Waals surface area contributed by atoms with Crippen LogP contribution in [-0.2, 0) is 19.1 Å². The average molecular weight is 352 g/mol. The molecule has 0 aliphatic carbocycles. The van der Waals surface area contributed by atoms with Gasteiger partial charge in [-0.2, -0.15) is 0 Å². The summed E-state index contributed by atoms with van der Waals surface area (Å²) in [4.78, 5) is 33.3. The summed E-state index contributed by atoms with van der Waals surface area (Å²) in [5.41, 5.74) is 0. The topological polar surface area (TPSA) is 202 Å². The van der Waals surface area contributed by atoms with E-state index in [1.807, 2.05) is 0 Å². The Labute approximate surface area is 135 Å². The van der Waals surface area contributed by atoms with Gasteiger partial charge in [-0.25, -0.2) is 0 Å². The first-order valence-electron chi connectivity index (χ1n) is 7.01. The molecule has 0 radical (unpaired) electrons. The third kappa shape index (κ3) is 4.26. The minimum absolute atomic E-state index is 0.606. The minimum atomic E-state index is -2.35. The summed E-state index contributed by atoms with van der Waals surface area (Å²) in [7, 11) is 0. The van der Waals surface area contributed by atoms with Crippen LogP contribution in [0, 0.1) is 5.92 Å². The van der Waals surface area contributed by atoms with Crippen LogP contribution in [0.15, 0.2) is 0 Å². The average Bonchev–Trinajstić information content (AvgIpc) is 2.47. The Morgan fingerprint density at radius 2 is 1.58 bits per heavy atom. The van der Waals surface area contributed by atoms with Crippen LogP contribution in [0.1, 0.15) is 19.8 Å². The van der Waals surface area contributed by atoms with Gasteiger partial charge in [-0.05, 0) is 13.3 Å². The van der Waals surface area contributed by atoms with Crippen molar-refractivity contribution >= 4 is 17.7 Å². The first kappa shape index (κ1) is 20.4. The van der Waals surface area contributed by atoms with Gasteiger partial charge in [0.25, 0.3) is 0 Å². The van der Waals surface area contributed by atoms with Crippen LogP contribution < -0.4 is 0 Å². The number of carbonyl (C=O) groups excluding carboxylic acids is 1. The fraction of sp³-hybridized carbons (Fsp3) is 0.769. The zero-order valence-corrected chi connectivity index (χ0v) is 12.6. The molecule has 11 heteroatoms. The predicted octanol–water partition coefficient (Wildman–Crippen LogP) is -3.33. The zero-order chi connectivity index (χ0) is 18.8. The van der Waals surface area contributed by atoms with Gasteiger partial charge in [0.2, 0.25) is 0 Å². The van der Waals surface area contributed by atoms with E-state index in [-0.39, 0.29) is 0 Å². The minimum Gasteiger partial charge on any atom is -0.481 e. The predicted molar refractivity (Wildman–Crippen MR) is 72.5 cm³/mol. The van der Waals surface area contributed by atoms with Gasteiger partial charge in [0.15, 0.2) is 17.5 Å². The van der Waals surface area contributed by atoms with Crippen LogP contribution in [0.2, 0.25) is 0 Å². The molecule has 0 aromatic rings. The maximum Gasteiger partial charge on any atom is 0.317 e. The molecule has 1 aliphatic heterocycles. The van der Waals surface area contributed by atoms with Crippen molar-refractivity contribution in [2.45, 2.75) is 56.1 Å². The van der Waals surface area contributed by atoms with Gasteiger partial charge in [-0.3, -0.25) is 14.4 Å². The largest absolute Gasteiger partial charge is 0.481 e. The zero-order valence-electron chi connectivity index (χ0n) is 12.6. The van der Waals surface area contributed by atoms with Gasteiger partial charge in [-0.15, -0.1) is 0 Å². The Balaban J connectivity index is 2.78. The van der Waals surface area contributed by atoms with Crippen molar-refractivity contribution in [1.29, 1.82) is 0 Å². The molecular weight excluding hydrogens is 332 g/mol. The number of rotatable bonds is 7. The number of carbonyl (C=O) groups is 3. The van der Waals surface area contributed by atoms with E-state index >= 15 is 0 Å². The number of carboxylic acids is 2. The van der Waals surface area contributed by atoms with Crippen LogP contribution in [0.4, 0.5) is 0 Å². The number of Topliss-reactive ketones (excluding diaryl/α,β-unsaturated/α-hetero) is 1. The highest BCUT2D eigenvalue weighted by atomic mass is 16.7. The van der Waals surface area contributed by atoms with E-state index in [1.165, 1.54) is 0 Å². The van der Waals surface area contributed by atoms with Gasteiger partial charge < -0.3 is 40.5 Å². The highest BCUT2D eigenvalue weighted by molar-refractivity contribution is 5.93. The Bertz CT molecular complexity index is 488. The second-order valence-electron chi connectivity index (χ2n) is 5.74. The summed E-state index contributed by atoms with van der Waals surface area (Å²) >= 11 is 0. The molecule has 11 nitrogen and oxygen atoms in total. The molecule has 0 amide bonds. The molecule has 7 N–H and O–H groups in total. The Morgan fingerprint density at radius 3 is 2.04 bits per heavy atom. The molecule has 1 fully saturated rings. The van der Waals surface area contributed by atoms with E-state index in [1.54, 1.807) is 0 Å². The lowest BCUT2D eigenvalue weighted by Crippen LogP contribution is -2.66. The summed E-state index contributed by atoms with van der Waals surface area (Å²) in [6.07, 6.45) is -10.8. The standard InChI is InChI=1S/C13H20O11/c1-13(23)10(18)8(17)7(16)9(24-13)6(15)5(14)3-2-4(11(19)20)12(21)22/h4,6-10,15-18,23H,2-3H2,1H3,(H,19,20)(H,21,22)/t6?,7-,8-,9+,10-,13-/m0/s1. The first-order valence-corrected chi connectivity index (χ1v) is 7.01. The van der Waals surface area contributed by atoms with Crippen molar-refractivity contribution in [2.75, 3.05) is 0 Å². The van der Waals surface area contributed by atoms with Crippen LogP contribution in [0.5, 0.6) is 0 Å². The van der Waals surface area contributed by atoms with Crippen molar-refractivity contribution in [3.05, 3.63) is 0 Å². The Kier molecular flexibility index (Phi) is 6.38. The fourth-order valence-corrected chi connectivity index (χ4v) is 2.33. The molecule has 24 heavy (non-hydrogen) atoms. The van der Waals surface area contributed by atoms with Gasteiger partial charge in [0, 0.05) is 6.42 Å². The van der Waals surface area contributed by atoms with E-state index in [4.69, 9.17) is 14.9 Å². The van der Waals surface area contributed by atoms with Crippen LogP contribution in [0.3, 0.4) is 0 Å². The van der Waals surface area contributed by atoms with Crippen molar-refractivity contribution in [2.24, 2.45) is 5.92 Å². The summed E-state index contributed by atoms with van der Waals surface area (Å²) in [6.45, 7) is 0.946. The normalized spacial score (nSPS) is 34.8. The molecule has 0 spiro atoms. The highest BCUT2D eigenvalue weighted by Crippen LogP contribution is 2.30. The molecule has 0 aromatic carbocycles. The molecule has 1 unspecified atom stereocenters. The third-order valence-corrected chi connectivity index (χ3v) is 3.85. The molecule has 0 bridgehead atoms. The second kappa shape index (κ2) is 7.51. The maximum atomic E-state index is 11.9. The first-order chi connectivity index (χ1) is 10.9. The lowest BCUT2D eigenvalue weighted by Gasteiger charge is -2.45. The quantitative estimate of drug-likeness (QED) is 0.226. The van der Waals surface area contributed by atoms with Gasteiger partial charge >= 0.3 is 11.9 Å². The summed E-state index contributed by atoms with van der Waals surface area (Å²) < 4.78 is 4.85. The monoisotopic (exact) mass is 352 g/mol. The fourth-order valence-electron chi connectivity index (χ4n) is 2.33. The summed E-state index contributed by atoms with van der Waals surface area (Å²) in [5.74, 6) is -8.56. The number of ketones is 1. The molecule has 1 aliphatic rings. The van der Waals surface area contributed by atoms with Gasteiger partial charge in [-0.1, -0.05) is 0 Å². The van der Waals surface area contributed by atoms with Crippen LogP contribution in [-0.4, -0.2) is 89.8 Å². The Hall–Kier alpha value is -1.63. The number of aliphatic hydroxyl groups is 5. The van der Waals surface area contributed by atoms with E-state index in [0.29, 0.717) is 0 Å². The van der Waals surface area contributed by atoms with Crippen molar-refractivity contribution in [1.82, 2.24) is 0 Å². The van der Waals surface area contributed by atoms with E-state index in [0.717, 1.165) is 6.92 Å². The number of carboxylic acid groups (broad SMARTS) is 2. The smallest absolute Gasteiger partial charge is 0.317 e. The van der Waals surface area contributed by atoms with Crippen LogP contribution in [0.25, 0.3) is 0 Å². The molecule has 138 valence electrons. The summed E-state index contributed by atoms with van der Waals surface area (Å²) in [5, 5.41) is 66.0. The third-order valence-electron chi connectivity index (χ3n) is 3.85. The van der Waals surface area contributed by atoms with E-state index < -0.39 is 72.8 Å². The Morgan fingerprint density at radius 1 is 1.08 bits per heavy atom. The lowest BCUT2D eigenvalue weighted by molar-refractivity contribution is -0.346. The molecule has 1 rings (SSSR count). The van der Waals surface area contributed by atoms with E-state index in [9.17, 15) is 39.9 Å². The molecule has 1 saturated heterocycles.